The molecule has 0 bridgehead atoms. The van der Waals surface area contributed by atoms with E-state index in [1.807, 2.05) is 12.1 Å². The highest BCUT2D eigenvalue weighted by Gasteiger charge is 2.26. The summed E-state index contributed by atoms with van der Waals surface area (Å²) < 4.78 is 17.7. The van der Waals surface area contributed by atoms with Crippen LogP contribution in [0, 0.1) is 0 Å². The normalized spacial score (nSPS) is 14.5. The van der Waals surface area contributed by atoms with Gasteiger partial charge in [0.1, 0.15) is 5.56 Å². The number of furan rings is 1. The molecule has 1 aromatic carbocycles. The topological polar surface area (TPSA) is 102 Å². The van der Waals surface area contributed by atoms with Gasteiger partial charge in [0.25, 0.3) is 11.8 Å². The molecule has 0 radical (unpaired) electrons. The molecule has 2 amide bonds. The summed E-state index contributed by atoms with van der Waals surface area (Å²) in [5.41, 5.74) is 1.03. The summed E-state index contributed by atoms with van der Waals surface area (Å²) in [5.74, 6) is 0.845. The number of hydrogen-bond donors (Lipinski definition) is 1. The second-order valence-electron chi connectivity index (χ2n) is 7.60. The monoisotopic (exact) mass is 441 g/mol. The van der Waals surface area contributed by atoms with Crippen LogP contribution >= 0.6 is 0 Å². The largest absolute Gasteiger partial charge is 0.493 e. The molecule has 10 heteroatoms. The molecule has 1 N–H and O–H groups in total. The molecule has 3 heterocycles. The van der Waals surface area contributed by atoms with Crippen LogP contribution in [0.1, 0.15) is 20.9 Å². The van der Waals surface area contributed by atoms with E-state index in [-0.39, 0.29) is 17.6 Å². The van der Waals surface area contributed by atoms with Crippen LogP contribution in [-0.4, -0.2) is 84.9 Å². The van der Waals surface area contributed by atoms with Gasteiger partial charge in [-0.2, -0.15) is 0 Å². The van der Waals surface area contributed by atoms with Crippen molar-refractivity contribution in [2.45, 2.75) is 0 Å². The first-order chi connectivity index (χ1) is 15.5. The summed E-state index contributed by atoms with van der Waals surface area (Å²) in [6.45, 7) is 3.84. The summed E-state index contributed by atoms with van der Waals surface area (Å²) in [6.07, 6.45) is 1.68. The number of rotatable bonds is 7. The lowest BCUT2D eigenvalue weighted by molar-refractivity contribution is 0.0634. The lowest BCUT2D eigenvalue weighted by Gasteiger charge is -2.34. The number of nitrogens with one attached hydrogen (secondary N) is 1. The molecule has 0 spiro atoms. The van der Waals surface area contributed by atoms with Crippen molar-refractivity contribution in [2.75, 3.05) is 53.5 Å². The third kappa shape index (κ3) is 4.40. The number of nitrogens with zero attached hydrogens (tertiary/aromatic N) is 4. The predicted molar refractivity (Wildman–Crippen MR) is 117 cm³/mol. The lowest BCUT2D eigenvalue weighted by Crippen LogP contribution is -2.50. The van der Waals surface area contributed by atoms with E-state index in [1.165, 1.54) is 7.11 Å². The number of aromatic nitrogens is 2. The molecule has 0 aliphatic carbocycles. The minimum atomic E-state index is -0.263. The SMILES string of the molecule is COc1nn(C)cc1C(=O)N1CCN(CCNC(=O)c2cc3cccc(OC)c3o2)CC1. The number of fused-ring (bicyclic) bond motifs is 1. The van der Waals surface area contributed by atoms with Crippen LogP contribution < -0.4 is 14.8 Å². The standard InChI is InChI=1S/C22H27N5O5/c1-25-14-16(21(24-25)31-3)22(29)27-11-9-26(10-12-27)8-7-23-20(28)18-13-15-5-4-6-17(30-2)19(15)32-18/h4-6,13-14H,7-12H2,1-3H3,(H,23,28). The summed E-state index contributed by atoms with van der Waals surface area (Å²) in [5, 5.41) is 7.87. The zero-order valence-electron chi connectivity index (χ0n) is 18.5. The highest BCUT2D eigenvalue weighted by atomic mass is 16.5. The molecule has 170 valence electrons. The Morgan fingerprint density at radius 3 is 2.66 bits per heavy atom. The number of methoxy groups -OCH3 is 2. The van der Waals surface area contributed by atoms with Crippen molar-refractivity contribution in [2.24, 2.45) is 7.05 Å². The maximum Gasteiger partial charge on any atom is 0.287 e. The average molecular weight is 441 g/mol. The van der Waals surface area contributed by atoms with Crippen molar-refractivity contribution in [3.8, 4) is 11.6 Å². The van der Waals surface area contributed by atoms with E-state index in [1.54, 1.807) is 42.1 Å². The molecule has 10 nitrogen and oxygen atoms in total. The summed E-state index contributed by atoms with van der Waals surface area (Å²) >= 11 is 0. The second kappa shape index (κ2) is 9.31. The van der Waals surface area contributed by atoms with Crippen LogP contribution in [0.2, 0.25) is 0 Å². The second-order valence-corrected chi connectivity index (χ2v) is 7.60. The molecule has 1 aliphatic heterocycles. The number of benzene rings is 1. The van der Waals surface area contributed by atoms with Gasteiger partial charge < -0.3 is 24.1 Å². The number of amides is 2. The number of ether oxygens (including phenoxy) is 2. The van der Waals surface area contributed by atoms with Crippen molar-refractivity contribution >= 4 is 22.8 Å². The number of piperazine rings is 1. The molecule has 1 aliphatic rings. The van der Waals surface area contributed by atoms with Crippen molar-refractivity contribution < 1.29 is 23.5 Å². The van der Waals surface area contributed by atoms with Crippen molar-refractivity contribution in [1.29, 1.82) is 0 Å². The molecular weight excluding hydrogens is 414 g/mol. The van der Waals surface area contributed by atoms with Gasteiger partial charge in [0.15, 0.2) is 17.1 Å². The number of carbonyl (C=O) groups is 2. The Morgan fingerprint density at radius 1 is 1.16 bits per heavy atom. The third-order valence-corrected chi connectivity index (χ3v) is 5.54. The molecule has 4 rings (SSSR count). The summed E-state index contributed by atoms with van der Waals surface area (Å²) in [7, 11) is 4.83. The maximum absolute atomic E-state index is 12.8. The van der Waals surface area contributed by atoms with Crippen molar-refractivity contribution in [3.05, 3.63) is 41.8 Å². The van der Waals surface area contributed by atoms with E-state index in [9.17, 15) is 9.59 Å². The molecule has 3 aromatic rings. The fourth-order valence-electron chi connectivity index (χ4n) is 3.83. The number of hydrogen-bond acceptors (Lipinski definition) is 7. The van der Waals surface area contributed by atoms with E-state index in [0.717, 1.165) is 18.5 Å². The fourth-order valence-corrected chi connectivity index (χ4v) is 3.83. The zero-order valence-corrected chi connectivity index (χ0v) is 18.5. The molecule has 32 heavy (non-hydrogen) atoms. The smallest absolute Gasteiger partial charge is 0.287 e. The molecule has 1 fully saturated rings. The van der Waals surface area contributed by atoms with Gasteiger partial charge in [-0.1, -0.05) is 12.1 Å². The Kier molecular flexibility index (Phi) is 6.31. The van der Waals surface area contributed by atoms with Crippen LogP contribution in [0.15, 0.2) is 34.9 Å². The highest BCUT2D eigenvalue weighted by Crippen LogP contribution is 2.28. The van der Waals surface area contributed by atoms with Gasteiger partial charge in [-0.15, -0.1) is 5.10 Å². The van der Waals surface area contributed by atoms with Gasteiger partial charge in [0.2, 0.25) is 5.88 Å². The molecule has 0 atom stereocenters. The Morgan fingerprint density at radius 2 is 1.94 bits per heavy atom. The van der Waals surface area contributed by atoms with Gasteiger partial charge in [-0.05, 0) is 12.1 Å². The third-order valence-electron chi connectivity index (χ3n) is 5.54. The van der Waals surface area contributed by atoms with E-state index in [0.29, 0.717) is 49.0 Å². The van der Waals surface area contributed by atoms with Gasteiger partial charge in [-0.25, -0.2) is 0 Å². The van der Waals surface area contributed by atoms with Gasteiger partial charge in [0.05, 0.1) is 14.2 Å². The van der Waals surface area contributed by atoms with E-state index in [4.69, 9.17) is 13.9 Å². The molecule has 0 unspecified atom stereocenters. The quantitative estimate of drug-likeness (QED) is 0.591. The molecule has 0 saturated carbocycles. The van der Waals surface area contributed by atoms with Crippen molar-refractivity contribution in [1.82, 2.24) is 24.9 Å². The van der Waals surface area contributed by atoms with Crippen molar-refractivity contribution in [3.63, 3.8) is 0 Å². The molecular formula is C22H27N5O5. The number of carbonyl (C=O) groups excluding carboxylic acids is 2. The predicted octanol–water partition coefficient (Wildman–Crippen LogP) is 1.37. The van der Waals surface area contributed by atoms with E-state index >= 15 is 0 Å². The first-order valence-corrected chi connectivity index (χ1v) is 10.4. The molecule has 1 saturated heterocycles. The van der Waals surface area contributed by atoms with Gasteiger partial charge in [0, 0.05) is 57.9 Å². The summed E-state index contributed by atoms with van der Waals surface area (Å²) in [4.78, 5) is 29.3. The minimum Gasteiger partial charge on any atom is -0.493 e. The average Bonchev–Trinajstić information content (AvgIpc) is 3.42. The Bertz CT molecular complexity index is 1110. The van der Waals surface area contributed by atoms with E-state index < -0.39 is 0 Å². The Labute approximate surface area is 185 Å². The first-order valence-electron chi connectivity index (χ1n) is 10.4. The highest BCUT2D eigenvalue weighted by molar-refractivity contribution is 5.97. The minimum absolute atomic E-state index is 0.0804. The number of aryl methyl sites for hydroxylation is 1. The van der Waals surface area contributed by atoms with Crippen LogP contribution in [0.3, 0.4) is 0 Å². The van der Waals surface area contributed by atoms with E-state index in [2.05, 4.69) is 15.3 Å². The molecule has 2 aromatic heterocycles. The Hall–Kier alpha value is -3.53. The maximum atomic E-state index is 12.8. The fraction of sp³-hybridized carbons (Fsp3) is 0.409. The van der Waals surface area contributed by atoms with Gasteiger partial charge in [-0.3, -0.25) is 19.2 Å². The number of para-hydroxylation sites is 1. The Balaban J connectivity index is 1.25. The van der Waals surface area contributed by atoms with Gasteiger partial charge >= 0.3 is 0 Å². The van der Waals surface area contributed by atoms with Crippen LogP contribution in [-0.2, 0) is 7.05 Å². The zero-order chi connectivity index (χ0) is 22.7. The van der Waals surface area contributed by atoms with Crippen LogP contribution in [0.5, 0.6) is 11.6 Å². The summed E-state index contributed by atoms with van der Waals surface area (Å²) in [6, 6.07) is 7.24. The van der Waals surface area contributed by atoms with Crippen LogP contribution in [0.4, 0.5) is 0 Å². The lowest BCUT2D eigenvalue weighted by atomic mass is 10.2. The first kappa shape index (κ1) is 21.7. The van der Waals surface area contributed by atoms with Crippen LogP contribution in [0.25, 0.3) is 11.0 Å².